The highest BCUT2D eigenvalue weighted by Gasteiger charge is 2.32. The van der Waals surface area contributed by atoms with Gasteiger partial charge in [-0.25, -0.2) is 12.7 Å². The van der Waals surface area contributed by atoms with Crippen molar-refractivity contribution in [3.8, 4) is 0 Å². The monoisotopic (exact) mass is 497 g/mol. The van der Waals surface area contributed by atoms with Crippen LogP contribution in [0.4, 0.5) is 5.69 Å². The maximum atomic E-state index is 13.5. The Morgan fingerprint density at radius 2 is 1.49 bits per heavy atom. The van der Waals surface area contributed by atoms with Gasteiger partial charge in [0.25, 0.3) is 0 Å². The fourth-order valence-corrected chi connectivity index (χ4v) is 6.32. The van der Waals surface area contributed by atoms with Gasteiger partial charge in [-0.05, 0) is 81.8 Å². The van der Waals surface area contributed by atoms with Gasteiger partial charge in [0.2, 0.25) is 15.9 Å². The van der Waals surface area contributed by atoms with E-state index in [0.717, 1.165) is 37.7 Å². The van der Waals surface area contributed by atoms with Crippen molar-refractivity contribution >= 4 is 21.6 Å². The first-order valence-electron chi connectivity index (χ1n) is 13.0. The zero-order valence-electron chi connectivity index (χ0n) is 20.9. The largest absolute Gasteiger partial charge is 0.312 e. The molecule has 6 nitrogen and oxygen atoms in total. The number of hydrogen-bond donors (Lipinski definition) is 0. The topological polar surface area (TPSA) is 60.9 Å². The minimum atomic E-state index is -3.19. The van der Waals surface area contributed by atoms with Crippen molar-refractivity contribution in [2.45, 2.75) is 38.5 Å². The van der Waals surface area contributed by atoms with Crippen molar-refractivity contribution in [1.29, 1.82) is 0 Å². The summed E-state index contributed by atoms with van der Waals surface area (Å²) >= 11 is 0. The van der Waals surface area contributed by atoms with Crippen LogP contribution in [0.1, 0.15) is 37.7 Å². The average molecular weight is 498 g/mol. The Morgan fingerprint density at radius 1 is 0.886 bits per heavy atom. The lowest BCUT2D eigenvalue weighted by Gasteiger charge is -2.34. The molecule has 0 atom stereocenters. The standard InChI is InChI=1S/C28H39N3O3S/c1-35(33,34)30-21-15-26(16-22-30)28(32)31(27-11-6-3-7-12-27)18-8-17-29-19-13-25(14-20-29)23-24-9-4-2-5-10-24/h2-7,9-12,25-26H,8,13-23H2,1H3. The van der Waals surface area contributed by atoms with E-state index in [4.69, 9.17) is 0 Å². The molecule has 1 amide bonds. The summed E-state index contributed by atoms with van der Waals surface area (Å²) in [4.78, 5) is 18.0. The molecule has 0 spiro atoms. The lowest BCUT2D eigenvalue weighted by molar-refractivity contribution is -0.123. The maximum Gasteiger partial charge on any atom is 0.230 e. The van der Waals surface area contributed by atoms with E-state index in [1.54, 1.807) is 0 Å². The molecule has 190 valence electrons. The number of carbonyl (C=O) groups is 1. The number of piperidine rings is 2. The van der Waals surface area contributed by atoms with Gasteiger partial charge in [0.1, 0.15) is 0 Å². The Kier molecular flexibility index (Phi) is 8.98. The number of amides is 1. The van der Waals surface area contributed by atoms with Crippen molar-refractivity contribution in [3.63, 3.8) is 0 Å². The van der Waals surface area contributed by atoms with E-state index in [-0.39, 0.29) is 11.8 Å². The van der Waals surface area contributed by atoms with E-state index in [1.807, 2.05) is 35.2 Å². The molecule has 0 radical (unpaired) electrons. The highest BCUT2D eigenvalue weighted by Crippen LogP contribution is 2.26. The molecule has 2 aromatic rings. The van der Waals surface area contributed by atoms with Crippen LogP contribution in [0, 0.1) is 11.8 Å². The molecule has 2 heterocycles. The van der Waals surface area contributed by atoms with Crippen LogP contribution in [0.5, 0.6) is 0 Å². The fourth-order valence-electron chi connectivity index (χ4n) is 5.44. The zero-order chi connectivity index (χ0) is 24.7. The predicted octanol–water partition coefficient (Wildman–Crippen LogP) is 4.04. The van der Waals surface area contributed by atoms with Crippen LogP contribution < -0.4 is 4.90 Å². The van der Waals surface area contributed by atoms with Crippen molar-refractivity contribution in [3.05, 3.63) is 66.2 Å². The van der Waals surface area contributed by atoms with E-state index < -0.39 is 10.0 Å². The van der Waals surface area contributed by atoms with Crippen LogP contribution in [-0.2, 0) is 21.2 Å². The Bertz CT molecular complexity index is 1030. The molecule has 0 aromatic heterocycles. The van der Waals surface area contributed by atoms with E-state index in [9.17, 15) is 13.2 Å². The number of carbonyl (C=O) groups excluding carboxylic acids is 1. The van der Waals surface area contributed by atoms with Crippen molar-refractivity contribution in [2.24, 2.45) is 11.8 Å². The van der Waals surface area contributed by atoms with Gasteiger partial charge in [-0.1, -0.05) is 48.5 Å². The van der Waals surface area contributed by atoms with E-state index >= 15 is 0 Å². The Labute approximate surface area is 211 Å². The normalized spacial score (nSPS) is 19.0. The first-order chi connectivity index (χ1) is 16.9. The summed E-state index contributed by atoms with van der Waals surface area (Å²) in [6.07, 6.45) is 6.99. The van der Waals surface area contributed by atoms with Crippen LogP contribution in [0.15, 0.2) is 60.7 Å². The van der Waals surface area contributed by atoms with Gasteiger partial charge in [-0.2, -0.15) is 0 Å². The lowest BCUT2D eigenvalue weighted by Crippen LogP contribution is -2.45. The first kappa shape index (κ1) is 25.9. The predicted molar refractivity (Wildman–Crippen MR) is 142 cm³/mol. The molecule has 7 heteroatoms. The van der Waals surface area contributed by atoms with Crippen LogP contribution >= 0.6 is 0 Å². The number of hydrogen-bond acceptors (Lipinski definition) is 4. The molecule has 2 saturated heterocycles. The quantitative estimate of drug-likeness (QED) is 0.525. The zero-order valence-corrected chi connectivity index (χ0v) is 21.7. The Balaban J connectivity index is 1.27. The molecular weight excluding hydrogens is 458 g/mol. The number of para-hydroxylation sites is 1. The second-order valence-electron chi connectivity index (χ2n) is 10.1. The number of nitrogens with zero attached hydrogens (tertiary/aromatic N) is 3. The van der Waals surface area contributed by atoms with Gasteiger partial charge in [0.15, 0.2) is 0 Å². The van der Waals surface area contributed by atoms with Gasteiger partial charge in [0.05, 0.1) is 6.26 Å². The van der Waals surface area contributed by atoms with Gasteiger partial charge in [0, 0.05) is 31.2 Å². The van der Waals surface area contributed by atoms with E-state index in [2.05, 4.69) is 35.2 Å². The molecule has 4 rings (SSSR count). The van der Waals surface area contributed by atoms with Gasteiger partial charge >= 0.3 is 0 Å². The molecule has 2 fully saturated rings. The summed E-state index contributed by atoms with van der Waals surface area (Å²) in [7, 11) is -3.19. The van der Waals surface area contributed by atoms with Gasteiger partial charge in [-0.15, -0.1) is 0 Å². The van der Waals surface area contributed by atoms with Crippen LogP contribution in [0.3, 0.4) is 0 Å². The molecule has 35 heavy (non-hydrogen) atoms. The van der Waals surface area contributed by atoms with Crippen molar-refractivity contribution in [1.82, 2.24) is 9.21 Å². The molecule has 2 aromatic carbocycles. The Hall–Kier alpha value is -2.22. The SMILES string of the molecule is CS(=O)(=O)N1CCC(C(=O)N(CCCN2CCC(Cc3ccccc3)CC2)c2ccccc2)CC1. The summed E-state index contributed by atoms with van der Waals surface area (Å²) in [5.41, 5.74) is 2.37. The summed E-state index contributed by atoms with van der Waals surface area (Å²) < 4.78 is 25.2. The molecule has 0 saturated carbocycles. The lowest BCUT2D eigenvalue weighted by atomic mass is 9.90. The van der Waals surface area contributed by atoms with E-state index in [0.29, 0.717) is 32.5 Å². The van der Waals surface area contributed by atoms with Crippen LogP contribution in [-0.4, -0.2) is 69.1 Å². The van der Waals surface area contributed by atoms with E-state index in [1.165, 1.54) is 35.4 Å². The molecule has 0 N–H and O–H groups in total. The minimum absolute atomic E-state index is 0.123. The third kappa shape index (κ3) is 7.38. The summed E-state index contributed by atoms with van der Waals surface area (Å²) in [5.74, 6) is 0.765. The second-order valence-corrected chi connectivity index (χ2v) is 12.1. The highest BCUT2D eigenvalue weighted by molar-refractivity contribution is 7.88. The number of anilines is 1. The number of rotatable bonds is 9. The number of benzene rings is 2. The molecule has 0 aliphatic carbocycles. The summed E-state index contributed by atoms with van der Waals surface area (Å²) in [6.45, 7) is 4.80. The third-order valence-electron chi connectivity index (χ3n) is 7.54. The maximum absolute atomic E-state index is 13.5. The van der Waals surface area contributed by atoms with Crippen LogP contribution in [0.25, 0.3) is 0 Å². The summed E-state index contributed by atoms with van der Waals surface area (Å²) in [6, 6.07) is 20.7. The smallest absolute Gasteiger partial charge is 0.230 e. The second kappa shape index (κ2) is 12.2. The first-order valence-corrected chi connectivity index (χ1v) is 14.8. The van der Waals surface area contributed by atoms with Crippen molar-refractivity contribution in [2.75, 3.05) is 50.4 Å². The van der Waals surface area contributed by atoms with Crippen LogP contribution in [0.2, 0.25) is 0 Å². The average Bonchev–Trinajstić information content (AvgIpc) is 2.88. The molecule has 2 aliphatic heterocycles. The molecule has 0 unspecified atom stereocenters. The van der Waals surface area contributed by atoms with Gasteiger partial charge in [-0.3, -0.25) is 4.79 Å². The highest BCUT2D eigenvalue weighted by atomic mass is 32.2. The molecule has 2 aliphatic rings. The molecule has 0 bridgehead atoms. The molecular formula is C28H39N3O3S. The Morgan fingerprint density at radius 3 is 2.09 bits per heavy atom. The number of sulfonamides is 1. The van der Waals surface area contributed by atoms with Gasteiger partial charge < -0.3 is 9.80 Å². The number of likely N-dealkylation sites (tertiary alicyclic amines) is 1. The third-order valence-corrected chi connectivity index (χ3v) is 8.84. The van der Waals surface area contributed by atoms with Crippen molar-refractivity contribution < 1.29 is 13.2 Å². The fraction of sp³-hybridized carbons (Fsp3) is 0.536. The minimum Gasteiger partial charge on any atom is -0.312 e. The summed E-state index contributed by atoms with van der Waals surface area (Å²) in [5, 5.41) is 0.